The SMILES string of the molecule is O=C(Nc1nc(-c2ccc(F)cc2)c(-c2ccc([N+](=O)[O-])cc2)s1)c1cccc([N+](=O)[O-])c1. The second-order valence-corrected chi connectivity index (χ2v) is 7.77. The van der Waals surface area contributed by atoms with Gasteiger partial charge in [-0.2, -0.15) is 0 Å². The maximum Gasteiger partial charge on any atom is 0.270 e. The Balaban J connectivity index is 1.72. The van der Waals surface area contributed by atoms with Gasteiger partial charge in [0.1, 0.15) is 5.82 Å². The summed E-state index contributed by atoms with van der Waals surface area (Å²) in [5.41, 5.74) is 1.43. The van der Waals surface area contributed by atoms with Crippen LogP contribution in [0.4, 0.5) is 20.9 Å². The van der Waals surface area contributed by atoms with Crippen LogP contribution in [0, 0.1) is 26.0 Å². The maximum absolute atomic E-state index is 13.4. The molecule has 1 amide bonds. The van der Waals surface area contributed by atoms with Crippen molar-refractivity contribution in [2.45, 2.75) is 0 Å². The third-order valence-corrected chi connectivity index (χ3v) is 5.64. The Bertz CT molecular complexity index is 1370. The molecule has 9 nitrogen and oxygen atoms in total. The average Bonchev–Trinajstić information content (AvgIpc) is 3.23. The van der Waals surface area contributed by atoms with Crippen LogP contribution in [-0.4, -0.2) is 20.7 Å². The van der Waals surface area contributed by atoms with Gasteiger partial charge in [0.15, 0.2) is 5.13 Å². The topological polar surface area (TPSA) is 128 Å². The number of hydrogen-bond acceptors (Lipinski definition) is 7. The van der Waals surface area contributed by atoms with Crippen LogP contribution in [0.5, 0.6) is 0 Å². The van der Waals surface area contributed by atoms with Crippen LogP contribution in [0.25, 0.3) is 21.7 Å². The Morgan fingerprint density at radius 3 is 2.15 bits per heavy atom. The number of benzene rings is 3. The Hall–Kier alpha value is -4.51. The van der Waals surface area contributed by atoms with E-state index in [9.17, 15) is 29.4 Å². The fourth-order valence-electron chi connectivity index (χ4n) is 3.04. The molecule has 0 aliphatic heterocycles. The first-order chi connectivity index (χ1) is 15.8. The molecule has 3 aromatic carbocycles. The highest BCUT2D eigenvalue weighted by atomic mass is 32.1. The quantitative estimate of drug-likeness (QED) is 0.289. The number of carbonyl (C=O) groups excluding carboxylic acids is 1. The molecule has 1 aromatic heterocycles. The Morgan fingerprint density at radius 2 is 1.52 bits per heavy atom. The third kappa shape index (κ3) is 4.72. The molecule has 0 unspecified atom stereocenters. The standard InChI is InChI=1S/C22H13FN4O5S/c23-16-8-4-13(5-9-16)19-20(14-6-10-17(11-7-14)26(29)30)33-22(24-19)25-21(28)15-2-1-3-18(12-15)27(31)32/h1-12H,(H,24,25,28). The van der Waals surface area contributed by atoms with E-state index in [0.717, 1.165) is 17.4 Å². The van der Waals surface area contributed by atoms with Gasteiger partial charge in [-0.1, -0.05) is 17.4 Å². The van der Waals surface area contributed by atoms with Gasteiger partial charge in [0.05, 0.1) is 20.4 Å². The Kier molecular flexibility index (Phi) is 5.87. The van der Waals surface area contributed by atoms with Crippen LogP contribution in [0.1, 0.15) is 10.4 Å². The van der Waals surface area contributed by atoms with Crippen molar-refractivity contribution in [1.29, 1.82) is 0 Å². The van der Waals surface area contributed by atoms with Gasteiger partial charge < -0.3 is 0 Å². The molecule has 33 heavy (non-hydrogen) atoms. The van der Waals surface area contributed by atoms with Crippen molar-refractivity contribution in [2.75, 3.05) is 5.32 Å². The van der Waals surface area contributed by atoms with E-state index >= 15 is 0 Å². The molecule has 4 aromatic rings. The summed E-state index contributed by atoms with van der Waals surface area (Å²) in [6, 6.07) is 16.7. The zero-order chi connectivity index (χ0) is 23.5. The van der Waals surface area contributed by atoms with E-state index in [0.29, 0.717) is 21.7 Å². The lowest BCUT2D eigenvalue weighted by atomic mass is 10.1. The summed E-state index contributed by atoms with van der Waals surface area (Å²) in [6.45, 7) is 0. The molecule has 4 rings (SSSR count). The van der Waals surface area contributed by atoms with Gasteiger partial charge in [-0.05, 0) is 48.0 Å². The van der Waals surface area contributed by atoms with E-state index < -0.39 is 21.6 Å². The van der Waals surface area contributed by atoms with Crippen LogP contribution >= 0.6 is 11.3 Å². The highest BCUT2D eigenvalue weighted by Gasteiger charge is 2.19. The monoisotopic (exact) mass is 464 g/mol. The first-order valence-corrected chi connectivity index (χ1v) is 10.2. The van der Waals surface area contributed by atoms with Crippen molar-refractivity contribution in [2.24, 2.45) is 0 Å². The van der Waals surface area contributed by atoms with Crippen LogP contribution < -0.4 is 5.32 Å². The smallest absolute Gasteiger partial charge is 0.270 e. The van der Waals surface area contributed by atoms with Gasteiger partial charge in [0.2, 0.25) is 0 Å². The molecule has 0 saturated carbocycles. The number of rotatable bonds is 6. The predicted octanol–water partition coefficient (Wildman–Crippen LogP) is 5.68. The zero-order valence-corrected chi connectivity index (χ0v) is 17.4. The fourth-order valence-corrected chi connectivity index (χ4v) is 4.03. The van der Waals surface area contributed by atoms with Crippen molar-refractivity contribution < 1.29 is 19.0 Å². The summed E-state index contributed by atoms with van der Waals surface area (Å²) >= 11 is 1.12. The number of nitrogens with zero attached hydrogens (tertiary/aromatic N) is 3. The van der Waals surface area contributed by atoms with Crippen LogP contribution in [-0.2, 0) is 0 Å². The van der Waals surface area contributed by atoms with E-state index in [1.54, 1.807) is 12.1 Å². The molecule has 0 saturated heterocycles. The predicted molar refractivity (Wildman–Crippen MR) is 121 cm³/mol. The first kappa shape index (κ1) is 21.7. The maximum atomic E-state index is 13.4. The second kappa shape index (κ2) is 8.93. The van der Waals surface area contributed by atoms with Gasteiger partial charge in [-0.25, -0.2) is 9.37 Å². The lowest BCUT2D eigenvalue weighted by Gasteiger charge is -2.03. The van der Waals surface area contributed by atoms with Crippen molar-refractivity contribution >= 4 is 33.8 Å². The molecule has 0 bridgehead atoms. The molecule has 11 heteroatoms. The van der Waals surface area contributed by atoms with Crippen molar-refractivity contribution in [3.63, 3.8) is 0 Å². The van der Waals surface area contributed by atoms with Gasteiger partial charge in [-0.3, -0.25) is 30.3 Å². The van der Waals surface area contributed by atoms with Gasteiger partial charge in [-0.15, -0.1) is 0 Å². The van der Waals surface area contributed by atoms with Crippen molar-refractivity contribution in [1.82, 2.24) is 4.98 Å². The number of nitro groups is 2. The fraction of sp³-hybridized carbons (Fsp3) is 0. The molecule has 0 atom stereocenters. The minimum Gasteiger partial charge on any atom is -0.298 e. The summed E-state index contributed by atoms with van der Waals surface area (Å²) < 4.78 is 13.4. The molecule has 0 radical (unpaired) electrons. The molecule has 0 aliphatic carbocycles. The van der Waals surface area contributed by atoms with E-state index in [1.165, 1.54) is 54.6 Å². The summed E-state index contributed by atoms with van der Waals surface area (Å²) in [5.74, 6) is -1.02. The van der Waals surface area contributed by atoms with Gasteiger partial charge in [0.25, 0.3) is 17.3 Å². The second-order valence-electron chi connectivity index (χ2n) is 6.77. The average molecular weight is 464 g/mol. The molecular formula is C22H13FN4O5S. The number of carbonyl (C=O) groups is 1. The normalized spacial score (nSPS) is 10.6. The Morgan fingerprint density at radius 1 is 0.879 bits per heavy atom. The molecule has 1 N–H and O–H groups in total. The number of nitrogens with one attached hydrogen (secondary N) is 1. The number of thiazole rings is 1. The number of amides is 1. The number of hydrogen-bond donors (Lipinski definition) is 1. The molecule has 0 aliphatic rings. The minimum atomic E-state index is -0.598. The van der Waals surface area contributed by atoms with Crippen molar-refractivity contribution in [3.8, 4) is 21.7 Å². The van der Waals surface area contributed by atoms with Crippen molar-refractivity contribution in [3.05, 3.63) is 104 Å². The van der Waals surface area contributed by atoms with E-state index in [4.69, 9.17) is 0 Å². The number of aromatic nitrogens is 1. The molecule has 164 valence electrons. The van der Waals surface area contributed by atoms with Crippen LogP contribution in [0.15, 0.2) is 72.8 Å². The summed E-state index contributed by atoms with van der Waals surface area (Å²) in [5, 5.41) is 24.8. The van der Waals surface area contributed by atoms with Gasteiger partial charge >= 0.3 is 0 Å². The van der Waals surface area contributed by atoms with Gasteiger partial charge in [0, 0.05) is 35.4 Å². The van der Waals surface area contributed by atoms with Crippen LogP contribution in [0.3, 0.4) is 0 Å². The third-order valence-electron chi connectivity index (χ3n) is 4.62. The number of nitro benzene ring substituents is 2. The highest BCUT2D eigenvalue weighted by Crippen LogP contribution is 2.39. The Labute approximate surface area is 189 Å². The summed E-state index contributed by atoms with van der Waals surface area (Å²) in [7, 11) is 0. The molecule has 0 spiro atoms. The largest absolute Gasteiger partial charge is 0.298 e. The number of anilines is 1. The molecule has 0 fully saturated rings. The van der Waals surface area contributed by atoms with E-state index in [2.05, 4.69) is 10.3 Å². The van der Waals surface area contributed by atoms with E-state index in [1.807, 2.05) is 0 Å². The molecular weight excluding hydrogens is 451 g/mol. The van der Waals surface area contributed by atoms with Crippen LogP contribution in [0.2, 0.25) is 0 Å². The van der Waals surface area contributed by atoms with E-state index in [-0.39, 0.29) is 22.1 Å². The number of halogens is 1. The zero-order valence-electron chi connectivity index (χ0n) is 16.6. The summed E-state index contributed by atoms with van der Waals surface area (Å²) in [4.78, 5) is 38.6. The molecule has 1 heterocycles. The lowest BCUT2D eigenvalue weighted by molar-refractivity contribution is -0.385. The number of non-ortho nitro benzene ring substituents is 2. The first-order valence-electron chi connectivity index (χ1n) is 9.39. The lowest BCUT2D eigenvalue weighted by Crippen LogP contribution is -2.11. The summed E-state index contributed by atoms with van der Waals surface area (Å²) in [6.07, 6.45) is 0. The minimum absolute atomic E-state index is 0.0780. The highest BCUT2D eigenvalue weighted by molar-refractivity contribution is 7.19.